The minimum atomic E-state index is -0.235. The highest BCUT2D eigenvalue weighted by Crippen LogP contribution is 2.39. The molecule has 1 aromatic carbocycles. The summed E-state index contributed by atoms with van der Waals surface area (Å²) >= 11 is 0. The van der Waals surface area contributed by atoms with Crippen molar-refractivity contribution in [3.8, 4) is 11.5 Å². The zero-order valence-corrected chi connectivity index (χ0v) is 20.4. The molecule has 34 heavy (non-hydrogen) atoms. The molecule has 3 atom stereocenters. The first-order chi connectivity index (χ1) is 16.6. The highest BCUT2D eigenvalue weighted by molar-refractivity contribution is 5.90. The second-order valence-corrected chi connectivity index (χ2v) is 9.74. The number of Topliss-reactive ketones (excluding diaryl/α,β-unsaturated/α-hetero) is 1. The summed E-state index contributed by atoms with van der Waals surface area (Å²) in [5.41, 5.74) is 0.997. The van der Waals surface area contributed by atoms with Crippen molar-refractivity contribution in [2.24, 2.45) is 11.8 Å². The van der Waals surface area contributed by atoms with Crippen molar-refractivity contribution >= 4 is 11.7 Å². The van der Waals surface area contributed by atoms with Gasteiger partial charge >= 0.3 is 0 Å². The molecule has 0 radical (unpaired) electrons. The van der Waals surface area contributed by atoms with Gasteiger partial charge in [-0.1, -0.05) is 37.5 Å². The molecule has 1 saturated carbocycles. The quantitative estimate of drug-likeness (QED) is 0.546. The molecule has 2 heterocycles. The topological polar surface area (TPSA) is 71.5 Å². The molecule has 182 valence electrons. The van der Waals surface area contributed by atoms with Crippen LogP contribution in [0.1, 0.15) is 69.9 Å². The first-order valence-electron chi connectivity index (χ1n) is 12.7. The second-order valence-electron chi connectivity index (χ2n) is 9.74. The van der Waals surface area contributed by atoms with E-state index in [0.29, 0.717) is 18.1 Å². The number of para-hydroxylation sites is 1. The number of likely N-dealkylation sites (N-methyl/N-ethyl adjacent to an activating group) is 1. The monoisotopic (exact) mass is 463 g/mol. The number of rotatable bonds is 9. The molecule has 2 fully saturated rings. The molecule has 4 rings (SSSR count). The summed E-state index contributed by atoms with van der Waals surface area (Å²) in [6, 6.07) is 11.4. The number of carbonyl (C=O) groups excluding carboxylic acids is 2. The standard InChI is InChI=1S/C28H37N3O3/c1-20(29-2)27(32)17-25(21-10-5-3-6-11-21)28(33)31-15-9-14-26(31)22-16-24(19-30-18-22)34-23-12-7-4-8-13-23/h4,7-8,12-13,16,18-21,25-26,29H,3,5-6,9-11,14-15,17H2,1-2H3/t20-,25-,26-/m0/s1. The zero-order chi connectivity index (χ0) is 23.9. The molecule has 1 amide bonds. The number of hydrogen-bond acceptors (Lipinski definition) is 5. The van der Waals surface area contributed by atoms with Crippen LogP contribution in [0.15, 0.2) is 48.8 Å². The number of hydrogen-bond donors (Lipinski definition) is 1. The Labute approximate surface area is 203 Å². The van der Waals surface area contributed by atoms with Gasteiger partial charge in [0.15, 0.2) is 0 Å². The van der Waals surface area contributed by atoms with Crippen LogP contribution in [0.2, 0.25) is 0 Å². The van der Waals surface area contributed by atoms with Crippen LogP contribution in [0.25, 0.3) is 0 Å². The van der Waals surface area contributed by atoms with Crippen molar-refractivity contribution in [3.05, 3.63) is 54.4 Å². The number of pyridine rings is 1. The van der Waals surface area contributed by atoms with E-state index in [1.54, 1.807) is 13.2 Å². The number of amides is 1. The molecule has 6 heteroatoms. The van der Waals surface area contributed by atoms with Gasteiger partial charge in [0.25, 0.3) is 0 Å². The van der Waals surface area contributed by atoms with Crippen molar-refractivity contribution in [3.63, 3.8) is 0 Å². The molecule has 0 spiro atoms. The summed E-state index contributed by atoms with van der Waals surface area (Å²) in [5.74, 6) is 1.75. The highest BCUT2D eigenvalue weighted by atomic mass is 16.5. The van der Waals surface area contributed by atoms with Crippen LogP contribution in [0.4, 0.5) is 0 Å². The van der Waals surface area contributed by atoms with Gasteiger partial charge in [-0.25, -0.2) is 0 Å². The van der Waals surface area contributed by atoms with Crippen LogP contribution >= 0.6 is 0 Å². The fourth-order valence-electron chi connectivity index (χ4n) is 5.43. The predicted octanol–water partition coefficient (Wildman–Crippen LogP) is 5.30. The summed E-state index contributed by atoms with van der Waals surface area (Å²) in [4.78, 5) is 33.2. The van der Waals surface area contributed by atoms with Crippen molar-refractivity contribution in [2.45, 2.75) is 70.4 Å². The maximum atomic E-state index is 14.0. The normalized spacial score (nSPS) is 20.6. The van der Waals surface area contributed by atoms with E-state index in [2.05, 4.69) is 10.3 Å². The van der Waals surface area contributed by atoms with Crippen molar-refractivity contribution < 1.29 is 14.3 Å². The van der Waals surface area contributed by atoms with Crippen LogP contribution in [0.5, 0.6) is 11.5 Å². The van der Waals surface area contributed by atoms with Gasteiger partial charge in [-0.3, -0.25) is 14.6 Å². The minimum absolute atomic E-state index is 0.0257. The van der Waals surface area contributed by atoms with Crippen LogP contribution < -0.4 is 10.1 Å². The van der Waals surface area contributed by atoms with E-state index in [1.807, 2.05) is 54.4 Å². The number of nitrogens with one attached hydrogen (secondary N) is 1. The van der Waals surface area contributed by atoms with Gasteiger partial charge in [-0.05, 0) is 69.3 Å². The Bertz CT molecular complexity index is 958. The fourth-order valence-corrected chi connectivity index (χ4v) is 5.43. The maximum absolute atomic E-state index is 14.0. The van der Waals surface area contributed by atoms with Gasteiger partial charge in [0.1, 0.15) is 17.3 Å². The first-order valence-corrected chi connectivity index (χ1v) is 12.7. The number of carbonyl (C=O) groups is 2. The largest absolute Gasteiger partial charge is 0.456 e. The molecule has 1 N–H and O–H groups in total. The number of ketones is 1. The zero-order valence-electron chi connectivity index (χ0n) is 20.4. The molecule has 2 aromatic rings. The third kappa shape index (κ3) is 5.84. The van der Waals surface area contributed by atoms with Crippen molar-refractivity contribution in [2.75, 3.05) is 13.6 Å². The first kappa shape index (κ1) is 24.4. The maximum Gasteiger partial charge on any atom is 0.226 e. The molecule has 1 aromatic heterocycles. The third-order valence-corrected chi connectivity index (χ3v) is 7.51. The number of likely N-dealkylation sites (tertiary alicyclic amines) is 1. The Morgan fingerprint density at radius 1 is 1.06 bits per heavy atom. The van der Waals surface area contributed by atoms with E-state index >= 15 is 0 Å². The lowest BCUT2D eigenvalue weighted by Crippen LogP contribution is -2.42. The second kappa shape index (κ2) is 11.6. The Hall–Kier alpha value is -2.73. The van der Waals surface area contributed by atoms with E-state index in [-0.39, 0.29) is 29.7 Å². The number of ether oxygens (including phenoxy) is 1. The Balaban J connectivity index is 1.53. The molecule has 1 aliphatic heterocycles. The molecule has 6 nitrogen and oxygen atoms in total. The lowest BCUT2D eigenvalue weighted by atomic mass is 9.76. The highest BCUT2D eigenvalue weighted by Gasteiger charge is 2.39. The molecule has 1 saturated heterocycles. The summed E-state index contributed by atoms with van der Waals surface area (Å²) in [5, 5.41) is 3.05. The van der Waals surface area contributed by atoms with Crippen LogP contribution in [0, 0.1) is 11.8 Å². The molecule has 2 aliphatic rings. The Morgan fingerprint density at radius 3 is 2.56 bits per heavy atom. The van der Waals surface area contributed by atoms with Gasteiger partial charge < -0.3 is 15.0 Å². The predicted molar refractivity (Wildman–Crippen MR) is 133 cm³/mol. The van der Waals surface area contributed by atoms with Crippen LogP contribution in [-0.2, 0) is 9.59 Å². The number of aromatic nitrogens is 1. The fraction of sp³-hybridized carbons (Fsp3) is 0.536. The van der Waals surface area contributed by atoms with Gasteiger partial charge in [-0.15, -0.1) is 0 Å². The third-order valence-electron chi connectivity index (χ3n) is 7.51. The van der Waals surface area contributed by atoms with Gasteiger partial charge in [0.2, 0.25) is 5.91 Å². The van der Waals surface area contributed by atoms with Crippen molar-refractivity contribution in [1.29, 1.82) is 0 Å². The summed E-state index contributed by atoms with van der Waals surface area (Å²) in [7, 11) is 1.80. The molecular weight excluding hydrogens is 426 g/mol. The summed E-state index contributed by atoms with van der Waals surface area (Å²) in [6.45, 7) is 2.61. The van der Waals surface area contributed by atoms with E-state index in [9.17, 15) is 9.59 Å². The van der Waals surface area contributed by atoms with Gasteiger partial charge in [0.05, 0.1) is 18.3 Å². The SMILES string of the molecule is CN[C@@H](C)C(=O)C[C@H](C(=O)N1CCC[C@H]1c1cncc(Oc2ccccc2)c1)C1CCCCC1. The van der Waals surface area contributed by atoms with Gasteiger partial charge in [0, 0.05) is 25.1 Å². The van der Waals surface area contributed by atoms with Gasteiger partial charge in [-0.2, -0.15) is 0 Å². The number of nitrogens with zero attached hydrogens (tertiary/aromatic N) is 2. The van der Waals surface area contributed by atoms with E-state index in [0.717, 1.165) is 56.4 Å². The average Bonchev–Trinajstić information content (AvgIpc) is 3.38. The Kier molecular flexibility index (Phi) is 8.33. The molecular formula is C28H37N3O3. The van der Waals surface area contributed by atoms with E-state index in [1.165, 1.54) is 6.42 Å². The van der Waals surface area contributed by atoms with Crippen LogP contribution in [-0.4, -0.2) is 41.2 Å². The number of benzene rings is 1. The average molecular weight is 464 g/mol. The molecule has 0 unspecified atom stereocenters. The van der Waals surface area contributed by atoms with E-state index < -0.39 is 0 Å². The molecule has 0 bridgehead atoms. The summed E-state index contributed by atoms with van der Waals surface area (Å²) in [6.07, 6.45) is 11.3. The van der Waals surface area contributed by atoms with Crippen LogP contribution in [0.3, 0.4) is 0 Å². The molecule has 1 aliphatic carbocycles. The summed E-state index contributed by atoms with van der Waals surface area (Å²) < 4.78 is 5.99. The smallest absolute Gasteiger partial charge is 0.226 e. The van der Waals surface area contributed by atoms with E-state index in [4.69, 9.17) is 4.74 Å². The minimum Gasteiger partial charge on any atom is -0.456 e. The lowest BCUT2D eigenvalue weighted by Gasteiger charge is -2.35. The Morgan fingerprint density at radius 2 is 1.82 bits per heavy atom. The lowest BCUT2D eigenvalue weighted by molar-refractivity contribution is -0.141. The van der Waals surface area contributed by atoms with Crippen molar-refractivity contribution in [1.82, 2.24) is 15.2 Å².